The Morgan fingerprint density at radius 1 is 1.59 bits per heavy atom. The first-order valence-electron chi connectivity index (χ1n) is 5.61. The predicted molar refractivity (Wildman–Crippen MR) is 67.5 cm³/mol. The minimum absolute atomic E-state index is 0.388. The maximum absolute atomic E-state index is 8.80. The molecule has 0 saturated carbocycles. The van der Waals surface area contributed by atoms with E-state index < -0.39 is 0 Å². The van der Waals surface area contributed by atoms with Gasteiger partial charge in [0.2, 0.25) is 0 Å². The van der Waals surface area contributed by atoms with Crippen molar-refractivity contribution < 1.29 is 4.74 Å². The lowest BCUT2D eigenvalue weighted by molar-refractivity contribution is 0.118. The lowest BCUT2D eigenvalue weighted by atomic mass is 10.2. The number of nitrogen functional groups attached to an aromatic ring is 1. The Labute approximate surface area is 102 Å². The first kappa shape index (κ1) is 13.3. The van der Waals surface area contributed by atoms with Gasteiger partial charge in [0.15, 0.2) is 5.82 Å². The Hall–Kier alpha value is -1.80. The molecule has 17 heavy (non-hydrogen) atoms. The first-order valence-corrected chi connectivity index (χ1v) is 5.61. The summed E-state index contributed by atoms with van der Waals surface area (Å²) >= 11 is 0. The number of nitrogens with zero attached hydrogens (tertiary/aromatic N) is 2. The molecule has 1 aromatic rings. The quantitative estimate of drug-likeness (QED) is 0.731. The van der Waals surface area contributed by atoms with Crippen molar-refractivity contribution in [3.63, 3.8) is 0 Å². The molecular formula is C12H18N4O. The van der Waals surface area contributed by atoms with Crippen molar-refractivity contribution in [1.82, 2.24) is 4.98 Å². The summed E-state index contributed by atoms with van der Waals surface area (Å²) in [6, 6.07) is 3.61. The van der Waals surface area contributed by atoms with E-state index in [9.17, 15) is 0 Å². The third-order valence-electron chi connectivity index (χ3n) is 2.10. The second-order valence-electron chi connectivity index (χ2n) is 4.13. The molecule has 0 atom stereocenters. The van der Waals surface area contributed by atoms with Crippen LogP contribution in [0.2, 0.25) is 0 Å². The maximum atomic E-state index is 8.80. The summed E-state index contributed by atoms with van der Waals surface area (Å²) in [5, 5.41) is 11.9. The predicted octanol–water partition coefficient (Wildman–Crippen LogP) is 1.62. The van der Waals surface area contributed by atoms with Crippen LogP contribution in [0.1, 0.15) is 19.4 Å². The van der Waals surface area contributed by atoms with Crippen molar-refractivity contribution in [1.29, 1.82) is 5.26 Å². The largest absolute Gasteiger partial charge is 0.395 e. The highest BCUT2D eigenvalue weighted by molar-refractivity contribution is 5.68. The second-order valence-corrected chi connectivity index (χ2v) is 4.13. The van der Waals surface area contributed by atoms with E-state index in [2.05, 4.69) is 24.1 Å². The van der Waals surface area contributed by atoms with Crippen LogP contribution in [0.25, 0.3) is 0 Å². The molecule has 0 aromatic carbocycles. The zero-order valence-electron chi connectivity index (χ0n) is 10.2. The summed E-state index contributed by atoms with van der Waals surface area (Å²) in [5.41, 5.74) is 6.59. The van der Waals surface area contributed by atoms with Gasteiger partial charge in [-0.1, -0.05) is 13.8 Å². The molecule has 0 aliphatic carbocycles. The Morgan fingerprint density at radius 2 is 2.35 bits per heavy atom. The van der Waals surface area contributed by atoms with Crippen LogP contribution >= 0.6 is 0 Å². The van der Waals surface area contributed by atoms with E-state index in [-0.39, 0.29) is 0 Å². The van der Waals surface area contributed by atoms with Crippen molar-refractivity contribution in [3.8, 4) is 6.07 Å². The van der Waals surface area contributed by atoms with Gasteiger partial charge in [-0.2, -0.15) is 5.26 Å². The van der Waals surface area contributed by atoms with Gasteiger partial charge in [0.25, 0.3) is 0 Å². The minimum Gasteiger partial charge on any atom is -0.395 e. The van der Waals surface area contributed by atoms with Crippen molar-refractivity contribution >= 4 is 11.5 Å². The van der Waals surface area contributed by atoms with Crippen LogP contribution in [0.4, 0.5) is 11.5 Å². The van der Waals surface area contributed by atoms with E-state index in [0.29, 0.717) is 36.1 Å². The Kier molecular flexibility index (Phi) is 5.24. The third kappa shape index (κ3) is 4.29. The van der Waals surface area contributed by atoms with Crippen LogP contribution in [0.3, 0.4) is 0 Å². The van der Waals surface area contributed by atoms with Crippen molar-refractivity contribution in [2.75, 3.05) is 30.8 Å². The van der Waals surface area contributed by atoms with Gasteiger partial charge in [0, 0.05) is 19.3 Å². The summed E-state index contributed by atoms with van der Waals surface area (Å²) in [6.45, 7) is 6.16. The highest BCUT2D eigenvalue weighted by Gasteiger charge is 2.04. The van der Waals surface area contributed by atoms with Crippen LogP contribution < -0.4 is 11.1 Å². The van der Waals surface area contributed by atoms with Gasteiger partial charge < -0.3 is 15.8 Å². The standard InChI is InChI=1S/C12H18N4O/c1-9(2)8-17-6-5-16-12-11(14)10(7-13)3-4-15-12/h3-4,9H,5-6,8,14H2,1-2H3,(H,15,16). The smallest absolute Gasteiger partial charge is 0.150 e. The van der Waals surface area contributed by atoms with Gasteiger partial charge >= 0.3 is 0 Å². The molecule has 0 saturated heterocycles. The van der Waals surface area contributed by atoms with Gasteiger partial charge in [0.05, 0.1) is 17.9 Å². The number of hydrogen-bond acceptors (Lipinski definition) is 5. The van der Waals surface area contributed by atoms with Crippen LogP contribution in [0, 0.1) is 17.2 Å². The molecule has 0 fully saturated rings. The average molecular weight is 234 g/mol. The van der Waals surface area contributed by atoms with Crippen molar-refractivity contribution in [2.24, 2.45) is 5.92 Å². The molecule has 92 valence electrons. The van der Waals surface area contributed by atoms with E-state index in [1.54, 1.807) is 12.3 Å². The lowest BCUT2D eigenvalue weighted by Crippen LogP contribution is -2.14. The molecule has 0 aliphatic rings. The Bertz CT molecular complexity index is 398. The molecule has 0 unspecified atom stereocenters. The fourth-order valence-corrected chi connectivity index (χ4v) is 1.27. The molecule has 1 heterocycles. The molecule has 5 heteroatoms. The van der Waals surface area contributed by atoms with Gasteiger partial charge in [-0.15, -0.1) is 0 Å². The van der Waals surface area contributed by atoms with Gasteiger partial charge in [0.1, 0.15) is 6.07 Å². The Morgan fingerprint density at radius 3 is 3.00 bits per heavy atom. The molecule has 0 bridgehead atoms. The zero-order chi connectivity index (χ0) is 12.7. The summed E-state index contributed by atoms with van der Waals surface area (Å²) in [7, 11) is 0. The Balaban J connectivity index is 2.40. The van der Waals surface area contributed by atoms with Crippen molar-refractivity contribution in [3.05, 3.63) is 17.8 Å². The van der Waals surface area contributed by atoms with E-state index in [1.807, 2.05) is 6.07 Å². The normalized spacial score (nSPS) is 10.2. The molecule has 1 aromatic heterocycles. The number of nitrogens with one attached hydrogen (secondary N) is 1. The molecule has 0 radical (unpaired) electrons. The molecule has 0 aliphatic heterocycles. The van der Waals surface area contributed by atoms with Gasteiger partial charge in [-0.05, 0) is 12.0 Å². The van der Waals surface area contributed by atoms with Crippen molar-refractivity contribution in [2.45, 2.75) is 13.8 Å². The second kappa shape index (κ2) is 6.71. The van der Waals surface area contributed by atoms with E-state index in [4.69, 9.17) is 15.7 Å². The SMILES string of the molecule is CC(C)COCCNc1nccc(C#N)c1N. The van der Waals surface area contributed by atoms with E-state index in [1.165, 1.54) is 0 Å². The summed E-state index contributed by atoms with van der Waals surface area (Å²) < 4.78 is 5.42. The molecule has 5 nitrogen and oxygen atoms in total. The number of aromatic nitrogens is 1. The number of anilines is 2. The maximum Gasteiger partial charge on any atom is 0.150 e. The third-order valence-corrected chi connectivity index (χ3v) is 2.10. The fourth-order valence-electron chi connectivity index (χ4n) is 1.27. The number of pyridine rings is 1. The van der Waals surface area contributed by atoms with Crippen LogP contribution in [0.15, 0.2) is 12.3 Å². The summed E-state index contributed by atoms with van der Waals surface area (Å²) in [4.78, 5) is 4.08. The number of hydrogen-bond donors (Lipinski definition) is 2. The topological polar surface area (TPSA) is 84.0 Å². The molecule has 1 rings (SSSR count). The fraction of sp³-hybridized carbons (Fsp3) is 0.500. The minimum atomic E-state index is 0.388. The monoisotopic (exact) mass is 234 g/mol. The highest BCUT2D eigenvalue weighted by atomic mass is 16.5. The van der Waals surface area contributed by atoms with Gasteiger partial charge in [-0.3, -0.25) is 0 Å². The number of ether oxygens (including phenoxy) is 1. The lowest BCUT2D eigenvalue weighted by Gasteiger charge is -2.10. The highest BCUT2D eigenvalue weighted by Crippen LogP contribution is 2.18. The molecule has 3 N–H and O–H groups in total. The van der Waals surface area contributed by atoms with Gasteiger partial charge in [-0.25, -0.2) is 4.98 Å². The van der Waals surface area contributed by atoms with Crippen LogP contribution in [-0.2, 0) is 4.74 Å². The van der Waals surface area contributed by atoms with E-state index in [0.717, 1.165) is 6.61 Å². The molecule has 0 amide bonds. The number of nitrogens with two attached hydrogens (primary N) is 1. The average Bonchev–Trinajstić information content (AvgIpc) is 2.30. The summed E-state index contributed by atoms with van der Waals surface area (Å²) in [6.07, 6.45) is 1.56. The van der Waals surface area contributed by atoms with Crippen LogP contribution in [-0.4, -0.2) is 24.7 Å². The molecule has 0 spiro atoms. The molecular weight excluding hydrogens is 216 g/mol. The van der Waals surface area contributed by atoms with E-state index >= 15 is 0 Å². The first-order chi connectivity index (χ1) is 8.15. The number of rotatable bonds is 6. The summed E-state index contributed by atoms with van der Waals surface area (Å²) in [5.74, 6) is 1.07. The number of nitriles is 1. The zero-order valence-corrected chi connectivity index (χ0v) is 10.2. The van der Waals surface area contributed by atoms with Crippen LogP contribution in [0.5, 0.6) is 0 Å².